The minimum absolute atomic E-state index is 0.346. The minimum atomic E-state index is -0.346. The van der Waals surface area contributed by atoms with Crippen LogP contribution in [0.1, 0.15) is 51.4 Å². The maximum Gasteiger partial charge on any atom is 0.487 e. The van der Waals surface area contributed by atoms with Gasteiger partial charge in [0.05, 0.1) is 0 Å². The van der Waals surface area contributed by atoms with Gasteiger partial charge in [0.25, 0.3) is 0 Å². The van der Waals surface area contributed by atoms with Gasteiger partial charge in [0.15, 0.2) is 0 Å². The first-order valence-electron chi connectivity index (χ1n) is 7.43. The molecule has 6 heteroatoms. The van der Waals surface area contributed by atoms with Gasteiger partial charge in [-0.3, -0.25) is 0 Å². The molecule has 4 nitrogen and oxygen atoms in total. The summed E-state index contributed by atoms with van der Waals surface area (Å²) < 4.78 is 23.1. The van der Waals surface area contributed by atoms with E-state index < -0.39 is 0 Å². The highest BCUT2D eigenvalue weighted by Gasteiger charge is 2.39. The molecule has 2 aliphatic rings. The zero-order valence-electron chi connectivity index (χ0n) is 11.3. The molecule has 0 N–H and O–H groups in total. The predicted molar refractivity (Wildman–Crippen MR) is 72.3 cm³/mol. The molecule has 2 fully saturated rings. The lowest BCUT2D eigenvalue weighted by atomic mass is 9.48. The van der Waals surface area contributed by atoms with Gasteiger partial charge in [-0.2, -0.15) is 0 Å². The fraction of sp³-hybridized carbons (Fsp3) is 1.00. The molecule has 2 aliphatic heterocycles. The Bertz CT molecular complexity index is 176. The van der Waals surface area contributed by atoms with Crippen molar-refractivity contribution in [2.45, 2.75) is 51.4 Å². The molecule has 102 valence electrons. The Morgan fingerprint density at radius 3 is 0.944 bits per heavy atom. The maximum atomic E-state index is 5.77. The molecular weight excluding hydrogens is 230 g/mol. The standard InChI is InChI=1S/C12H24B2O4/c1-2-6-10-16-13(15-9-5-1)14-17-11-7-3-4-8-12-18-14/h1-12H2. The van der Waals surface area contributed by atoms with E-state index >= 15 is 0 Å². The van der Waals surface area contributed by atoms with Crippen molar-refractivity contribution in [1.29, 1.82) is 0 Å². The van der Waals surface area contributed by atoms with E-state index in [9.17, 15) is 0 Å². The molecule has 0 aliphatic carbocycles. The molecule has 2 rings (SSSR count). The zero-order valence-corrected chi connectivity index (χ0v) is 11.3. The Balaban J connectivity index is 1.83. The Labute approximate surface area is 111 Å². The van der Waals surface area contributed by atoms with E-state index in [0.717, 1.165) is 52.1 Å². The van der Waals surface area contributed by atoms with E-state index in [2.05, 4.69) is 0 Å². The molecular formula is C12H24B2O4. The van der Waals surface area contributed by atoms with Gasteiger partial charge in [-0.05, 0) is 25.7 Å². The molecule has 0 atom stereocenters. The van der Waals surface area contributed by atoms with Crippen LogP contribution in [0.2, 0.25) is 0 Å². The summed E-state index contributed by atoms with van der Waals surface area (Å²) in [5, 5.41) is 0. The second kappa shape index (κ2) is 8.97. The molecule has 0 spiro atoms. The summed E-state index contributed by atoms with van der Waals surface area (Å²) in [5.41, 5.74) is 0. The molecule has 18 heavy (non-hydrogen) atoms. The second-order valence-corrected chi connectivity index (χ2v) is 5.05. The van der Waals surface area contributed by atoms with Crippen LogP contribution in [0.3, 0.4) is 0 Å². The van der Waals surface area contributed by atoms with Gasteiger partial charge in [0.1, 0.15) is 0 Å². The van der Waals surface area contributed by atoms with Crippen LogP contribution >= 0.6 is 0 Å². The van der Waals surface area contributed by atoms with E-state index in [4.69, 9.17) is 18.6 Å². The fourth-order valence-electron chi connectivity index (χ4n) is 2.32. The van der Waals surface area contributed by atoms with Gasteiger partial charge < -0.3 is 18.6 Å². The zero-order chi connectivity index (χ0) is 12.5. The Kier molecular flexibility index (Phi) is 7.16. The number of rotatable bonds is 1. The largest absolute Gasteiger partial charge is 0.487 e. The van der Waals surface area contributed by atoms with Crippen molar-refractivity contribution in [2.24, 2.45) is 0 Å². The highest BCUT2D eigenvalue weighted by Crippen LogP contribution is 2.12. The van der Waals surface area contributed by atoms with Gasteiger partial charge >= 0.3 is 14.0 Å². The van der Waals surface area contributed by atoms with Crippen LogP contribution in [-0.2, 0) is 18.6 Å². The minimum Gasteiger partial charge on any atom is -0.413 e. The first-order chi connectivity index (χ1) is 8.97. The quantitative estimate of drug-likeness (QED) is 0.672. The topological polar surface area (TPSA) is 36.9 Å². The van der Waals surface area contributed by atoms with Crippen LogP contribution in [0, 0.1) is 0 Å². The Hall–Kier alpha value is -0.0301. The van der Waals surface area contributed by atoms with Gasteiger partial charge in [0.2, 0.25) is 0 Å². The molecule has 0 aromatic rings. The van der Waals surface area contributed by atoms with Crippen molar-refractivity contribution < 1.29 is 18.6 Å². The molecule has 2 saturated heterocycles. The van der Waals surface area contributed by atoms with Crippen LogP contribution in [0.15, 0.2) is 0 Å². The SMILES string of the molecule is C1CCCOB(B2OCCCCCCO2)OCC1. The van der Waals surface area contributed by atoms with Crippen LogP contribution in [0.25, 0.3) is 0 Å². The molecule has 0 unspecified atom stereocenters. The molecule has 2 heterocycles. The average molecular weight is 254 g/mol. The van der Waals surface area contributed by atoms with Crippen molar-refractivity contribution >= 4 is 14.0 Å². The average Bonchev–Trinajstić information content (AvgIpc) is 2.61. The van der Waals surface area contributed by atoms with Crippen molar-refractivity contribution in [3.8, 4) is 0 Å². The van der Waals surface area contributed by atoms with E-state index in [-0.39, 0.29) is 14.0 Å². The third kappa shape index (κ3) is 5.31. The number of hydrogen-bond donors (Lipinski definition) is 0. The van der Waals surface area contributed by atoms with Gasteiger partial charge in [-0.15, -0.1) is 0 Å². The van der Waals surface area contributed by atoms with Gasteiger partial charge in [-0.1, -0.05) is 25.7 Å². The normalized spacial score (nSPS) is 25.3. The highest BCUT2D eigenvalue weighted by molar-refractivity contribution is 7.10. The van der Waals surface area contributed by atoms with Gasteiger partial charge in [-0.25, -0.2) is 0 Å². The first-order valence-corrected chi connectivity index (χ1v) is 7.43. The van der Waals surface area contributed by atoms with Crippen LogP contribution < -0.4 is 0 Å². The lowest BCUT2D eigenvalue weighted by Crippen LogP contribution is -2.46. The van der Waals surface area contributed by atoms with Crippen molar-refractivity contribution in [3.05, 3.63) is 0 Å². The van der Waals surface area contributed by atoms with E-state index in [1.807, 2.05) is 0 Å². The molecule has 0 aromatic carbocycles. The number of hydrogen-bond acceptors (Lipinski definition) is 4. The van der Waals surface area contributed by atoms with Crippen molar-refractivity contribution in [2.75, 3.05) is 26.4 Å². The van der Waals surface area contributed by atoms with Crippen LogP contribution in [0.5, 0.6) is 0 Å². The summed E-state index contributed by atoms with van der Waals surface area (Å²) in [6, 6.07) is 0. The van der Waals surface area contributed by atoms with E-state index in [1.54, 1.807) is 0 Å². The summed E-state index contributed by atoms with van der Waals surface area (Å²) in [7, 11) is -0.692. The summed E-state index contributed by atoms with van der Waals surface area (Å²) in [6.45, 7) is 2.98. The van der Waals surface area contributed by atoms with Crippen molar-refractivity contribution in [1.82, 2.24) is 0 Å². The predicted octanol–water partition coefficient (Wildman–Crippen LogP) is 2.26. The maximum absolute atomic E-state index is 5.77. The van der Waals surface area contributed by atoms with Crippen LogP contribution in [0.4, 0.5) is 0 Å². The van der Waals surface area contributed by atoms with Gasteiger partial charge in [0, 0.05) is 26.4 Å². The molecule has 0 saturated carbocycles. The molecule has 0 bridgehead atoms. The first kappa shape index (κ1) is 14.4. The fourth-order valence-corrected chi connectivity index (χ4v) is 2.32. The van der Waals surface area contributed by atoms with E-state index in [1.165, 1.54) is 25.7 Å². The summed E-state index contributed by atoms with van der Waals surface area (Å²) in [6.07, 6.45) is 9.31. The Morgan fingerprint density at radius 2 is 0.667 bits per heavy atom. The molecule has 0 amide bonds. The summed E-state index contributed by atoms with van der Waals surface area (Å²) >= 11 is 0. The smallest absolute Gasteiger partial charge is 0.413 e. The third-order valence-electron chi connectivity index (χ3n) is 3.43. The third-order valence-corrected chi connectivity index (χ3v) is 3.43. The highest BCUT2D eigenvalue weighted by atomic mass is 16.6. The lowest BCUT2D eigenvalue weighted by Gasteiger charge is -2.19. The van der Waals surface area contributed by atoms with E-state index in [0.29, 0.717) is 0 Å². The molecule has 0 aromatic heterocycles. The molecule has 0 radical (unpaired) electrons. The Morgan fingerprint density at radius 1 is 0.389 bits per heavy atom. The summed E-state index contributed by atoms with van der Waals surface area (Å²) in [5.74, 6) is 0. The monoisotopic (exact) mass is 254 g/mol. The summed E-state index contributed by atoms with van der Waals surface area (Å²) in [4.78, 5) is 0. The lowest BCUT2D eigenvalue weighted by molar-refractivity contribution is 0.171. The van der Waals surface area contributed by atoms with Crippen molar-refractivity contribution in [3.63, 3.8) is 0 Å². The second-order valence-electron chi connectivity index (χ2n) is 5.05. The van der Waals surface area contributed by atoms with Crippen LogP contribution in [-0.4, -0.2) is 40.4 Å².